The number of para-hydroxylation sites is 1. The number of aromatic nitrogens is 1. The Kier molecular flexibility index (Phi) is 3.16. The van der Waals surface area contributed by atoms with Crippen molar-refractivity contribution in [2.45, 2.75) is 6.04 Å². The van der Waals surface area contributed by atoms with E-state index in [1.807, 2.05) is 30.3 Å². The van der Waals surface area contributed by atoms with Gasteiger partial charge in [0, 0.05) is 16.8 Å². The average Bonchev–Trinajstić information content (AvgIpc) is 2.90. The summed E-state index contributed by atoms with van der Waals surface area (Å²) in [5, 5.41) is 1.08. The molecule has 1 heterocycles. The van der Waals surface area contributed by atoms with Gasteiger partial charge in [0.15, 0.2) is 0 Å². The number of nitrogens with two attached hydrogens (primary N) is 1. The second-order valence-corrected chi connectivity index (χ2v) is 4.68. The van der Waals surface area contributed by atoms with Crippen LogP contribution in [0.5, 0.6) is 5.75 Å². The predicted octanol–water partition coefficient (Wildman–Crippen LogP) is 3.36. The predicted molar refractivity (Wildman–Crippen MR) is 77.3 cm³/mol. The minimum Gasteiger partial charge on any atom is -0.496 e. The maximum Gasteiger partial charge on any atom is 0.124 e. The van der Waals surface area contributed by atoms with Gasteiger partial charge in [0.2, 0.25) is 0 Å². The van der Waals surface area contributed by atoms with E-state index >= 15 is 0 Å². The third-order valence-corrected chi connectivity index (χ3v) is 3.41. The Balaban J connectivity index is 2.07. The van der Waals surface area contributed by atoms with E-state index in [-0.39, 0.29) is 5.82 Å². The first-order chi connectivity index (χ1) is 9.69. The molecule has 0 fully saturated rings. The summed E-state index contributed by atoms with van der Waals surface area (Å²) in [6.45, 7) is 0. The molecule has 102 valence electrons. The van der Waals surface area contributed by atoms with Crippen LogP contribution in [0.15, 0.2) is 48.5 Å². The van der Waals surface area contributed by atoms with Crippen molar-refractivity contribution in [1.82, 2.24) is 4.98 Å². The van der Waals surface area contributed by atoms with Crippen LogP contribution in [0.25, 0.3) is 10.9 Å². The van der Waals surface area contributed by atoms with Crippen molar-refractivity contribution in [1.29, 1.82) is 0 Å². The highest BCUT2D eigenvalue weighted by Crippen LogP contribution is 2.30. The monoisotopic (exact) mass is 270 g/mol. The third kappa shape index (κ3) is 2.14. The SMILES string of the molecule is COc1ccc(F)cc1C(N)c1cc2ccccc2[nH]1. The standard InChI is InChI=1S/C16H15FN2O/c1-20-15-7-6-11(17)9-12(15)16(18)14-8-10-4-2-3-5-13(10)19-14/h2-9,16,19H,18H2,1H3. The first kappa shape index (κ1) is 12.7. The van der Waals surface area contributed by atoms with Gasteiger partial charge in [-0.25, -0.2) is 4.39 Å². The molecule has 0 aliphatic heterocycles. The highest BCUT2D eigenvalue weighted by atomic mass is 19.1. The minimum absolute atomic E-state index is 0.327. The van der Waals surface area contributed by atoms with Crippen LogP contribution in [0.2, 0.25) is 0 Å². The molecule has 3 rings (SSSR count). The summed E-state index contributed by atoms with van der Waals surface area (Å²) in [6.07, 6.45) is 0. The summed E-state index contributed by atoms with van der Waals surface area (Å²) in [7, 11) is 1.55. The number of hydrogen-bond donors (Lipinski definition) is 2. The number of nitrogens with one attached hydrogen (secondary N) is 1. The summed E-state index contributed by atoms with van der Waals surface area (Å²) < 4.78 is 18.7. The van der Waals surface area contributed by atoms with Crippen LogP contribution in [0, 0.1) is 5.82 Å². The number of H-pyrrole nitrogens is 1. The Morgan fingerprint density at radius 3 is 2.70 bits per heavy atom. The van der Waals surface area contributed by atoms with Crippen LogP contribution >= 0.6 is 0 Å². The minimum atomic E-state index is -0.465. The van der Waals surface area contributed by atoms with E-state index in [4.69, 9.17) is 10.5 Å². The second-order valence-electron chi connectivity index (χ2n) is 4.68. The van der Waals surface area contributed by atoms with Crippen molar-refractivity contribution in [3.63, 3.8) is 0 Å². The molecule has 0 spiro atoms. The van der Waals surface area contributed by atoms with Crippen molar-refractivity contribution in [3.05, 3.63) is 65.6 Å². The molecule has 20 heavy (non-hydrogen) atoms. The number of aromatic amines is 1. The molecule has 1 aromatic heterocycles. The van der Waals surface area contributed by atoms with Gasteiger partial charge in [0.25, 0.3) is 0 Å². The second kappa shape index (κ2) is 4.98. The van der Waals surface area contributed by atoms with Crippen LogP contribution in [0.3, 0.4) is 0 Å². The van der Waals surface area contributed by atoms with Gasteiger partial charge in [-0.05, 0) is 35.7 Å². The van der Waals surface area contributed by atoms with Crippen LogP contribution in [-0.2, 0) is 0 Å². The molecule has 0 saturated heterocycles. The van der Waals surface area contributed by atoms with Crippen LogP contribution in [0.4, 0.5) is 4.39 Å². The molecule has 2 aromatic carbocycles. The van der Waals surface area contributed by atoms with Crippen molar-refractivity contribution in [2.24, 2.45) is 5.73 Å². The number of hydrogen-bond acceptors (Lipinski definition) is 2. The highest BCUT2D eigenvalue weighted by Gasteiger charge is 2.17. The number of rotatable bonds is 3. The van der Waals surface area contributed by atoms with E-state index in [2.05, 4.69) is 4.98 Å². The van der Waals surface area contributed by atoms with Crippen LogP contribution in [-0.4, -0.2) is 12.1 Å². The summed E-state index contributed by atoms with van der Waals surface area (Å²) in [5.41, 5.74) is 8.71. The molecule has 0 saturated carbocycles. The zero-order valence-electron chi connectivity index (χ0n) is 11.1. The van der Waals surface area contributed by atoms with Gasteiger partial charge >= 0.3 is 0 Å². The summed E-state index contributed by atoms with van der Waals surface area (Å²) in [4.78, 5) is 3.26. The Hall–Kier alpha value is -2.33. The average molecular weight is 270 g/mol. The lowest BCUT2D eigenvalue weighted by Gasteiger charge is -2.14. The fourth-order valence-corrected chi connectivity index (χ4v) is 2.38. The van der Waals surface area contributed by atoms with Crippen LogP contribution in [0.1, 0.15) is 17.3 Å². The Morgan fingerprint density at radius 2 is 1.95 bits per heavy atom. The molecule has 3 N–H and O–H groups in total. The lowest BCUT2D eigenvalue weighted by atomic mass is 10.0. The zero-order valence-corrected chi connectivity index (χ0v) is 11.1. The fraction of sp³-hybridized carbons (Fsp3) is 0.125. The normalized spacial score (nSPS) is 12.6. The lowest BCUT2D eigenvalue weighted by Crippen LogP contribution is -2.13. The van der Waals surface area contributed by atoms with Crippen LogP contribution < -0.4 is 10.5 Å². The molecule has 3 nitrogen and oxygen atoms in total. The van der Waals surface area contributed by atoms with E-state index < -0.39 is 6.04 Å². The molecule has 3 aromatic rings. The molecule has 4 heteroatoms. The van der Waals surface area contributed by atoms with E-state index in [0.717, 1.165) is 16.6 Å². The largest absolute Gasteiger partial charge is 0.496 e. The lowest BCUT2D eigenvalue weighted by molar-refractivity contribution is 0.406. The molecule has 1 unspecified atom stereocenters. The molecule has 0 bridgehead atoms. The Bertz CT molecular complexity index is 718. The van der Waals surface area contributed by atoms with Crippen molar-refractivity contribution in [2.75, 3.05) is 7.11 Å². The molecule has 0 aliphatic carbocycles. The first-order valence-electron chi connectivity index (χ1n) is 6.35. The molecule has 0 amide bonds. The number of halogens is 1. The van der Waals surface area contributed by atoms with Gasteiger partial charge in [-0.2, -0.15) is 0 Å². The van der Waals surface area contributed by atoms with Gasteiger partial charge in [0.05, 0.1) is 13.2 Å². The third-order valence-electron chi connectivity index (χ3n) is 3.41. The molecular weight excluding hydrogens is 255 g/mol. The number of fused-ring (bicyclic) bond motifs is 1. The number of ether oxygens (including phenoxy) is 1. The van der Waals surface area contributed by atoms with Gasteiger partial charge in [-0.1, -0.05) is 18.2 Å². The molecular formula is C16H15FN2O. The van der Waals surface area contributed by atoms with Crippen molar-refractivity contribution >= 4 is 10.9 Å². The molecule has 0 aliphatic rings. The maximum atomic E-state index is 13.4. The zero-order chi connectivity index (χ0) is 14.1. The van der Waals surface area contributed by atoms with Gasteiger partial charge < -0.3 is 15.5 Å². The van der Waals surface area contributed by atoms with Gasteiger partial charge in [-0.3, -0.25) is 0 Å². The van der Waals surface area contributed by atoms with Crippen molar-refractivity contribution < 1.29 is 9.13 Å². The van der Waals surface area contributed by atoms with E-state index in [9.17, 15) is 4.39 Å². The summed E-state index contributed by atoms with van der Waals surface area (Å²) >= 11 is 0. The summed E-state index contributed by atoms with van der Waals surface area (Å²) in [6, 6.07) is 13.8. The maximum absolute atomic E-state index is 13.4. The Morgan fingerprint density at radius 1 is 1.15 bits per heavy atom. The smallest absolute Gasteiger partial charge is 0.124 e. The highest BCUT2D eigenvalue weighted by molar-refractivity contribution is 5.80. The quantitative estimate of drug-likeness (QED) is 0.766. The van der Waals surface area contributed by atoms with Crippen molar-refractivity contribution in [3.8, 4) is 5.75 Å². The van der Waals surface area contributed by atoms with Gasteiger partial charge in [0.1, 0.15) is 11.6 Å². The topological polar surface area (TPSA) is 51.0 Å². The number of methoxy groups -OCH3 is 1. The molecule has 1 atom stereocenters. The number of benzene rings is 2. The Labute approximate surface area is 116 Å². The molecule has 0 radical (unpaired) electrons. The van der Waals surface area contributed by atoms with Gasteiger partial charge in [-0.15, -0.1) is 0 Å². The van der Waals surface area contributed by atoms with E-state index in [0.29, 0.717) is 11.3 Å². The van der Waals surface area contributed by atoms with E-state index in [1.54, 1.807) is 13.2 Å². The fourth-order valence-electron chi connectivity index (χ4n) is 2.38. The first-order valence-corrected chi connectivity index (χ1v) is 6.35. The summed E-state index contributed by atoms with van der Waals surface area (Å²) in [5.74, 6) is 0.255. The van der Waals surface area contributed by atoms with E-state index in [1.165, 1.54) is 12.1 Å².